The summed E-state index contributed by atoms with van der Waals surface area (Å²) < 4.78 is 5.45. The lowest BCUT2D eigenvalue weighted by atomic mass is 9.75. The molecule has 0 aliphatic carbocycles. The molecule has 1 amide bonds. The Morgan fingerprint density at radius 2 is 1.88 bits per heavy atom. The van der Waals surface area contributed by atoms with Crippen LogP contribution in [0.3, 0.4) is 0 Å². The maximum absolute atomic E-state index is 12.2. The number of rotatable bonds is 4. The number of aliphatic hydroxyl groups excluding tert-OH is 1. The van der Waals surface area contributed by atoms with Crippen molar-refractivity contribution in [2.45, 2.75) is 73.1 Å². The highest BCUT2D eigenvalue weighted by molar-refractivity contribution is 5.98. The molecule has 0 radical (unpaired) electrons. The third-order valence-electron chi connectivity index (χ3n) is 4.76. The van der Waals surface area contributed by atoms with Gasteiger partial charge in [0.15, 0.2) is 0 Å². The summed E-state index contributed by atoms with van der Waals surface area (Å²) >= 11 is 0. The zero-order chi connectivity index (χ0) is 19.3. The van der Waals surface area contributed by atoms with Crippen molar-refractivity contribution in [3.05, 3.63) is 23.3 Å². The topological polar surface area (TPSA) is 58.6 Å². The van der Waals surface area contributed by atoms with Crippen LogP contribution in [0, 0.1) is 5.41 Å². The van der Waals surface area contributed by atoms with E-state index in [1.807, 2.05) is 20.8 Å². The Labute approximate surface area is 154 Å². The lowest BCUT2D eigenvalue weighted by Crippen LogP contribution is -2.39. The van der Waals surface area contributed by atoms with Crippen molar-refractivity contribution in [1.29, 1.82) is 0 Å². The summed E-state index contributed by atoms with van der Waals surface area (Å²) in [4.78, 5) is 12.2. The minimum Gasteiger partial charge on any atom is -0.396 e. The van der Waals surface area contributed by atoms with Crippen LogP contribution in [0.5, 0.6) is 0 Å². The fraction of sp³-hybridized carbons (Fsp3) is 0.762. The second-order valence-electron chi connectivity index (χ2n) is 6.66. The van der Waals surface area contributed by atoms with Crippen LogP contribution in [0.4, 0.5) is 0 Å². The van der Waals surface area contributed by atoms with Crippen LogP contribution >= 0.6 is 0 Å². The summed E-state index contributed by atoms with van der Waals surface area (Å²) in [7, 11) is 0. The Bertz CT molecular complexity index is 432. The van der Waals surface area contributed by atoms with Gasteiger partial charge in [-0.25, -0.2) is 0 Å². The molecule has 1 saturated heterocycles. The van der Waals surface area contributed by atoms with Crippen molar-refractivity contribution in [3.8, 4) is 0 Å². The molecular formula is C21H39NO3. The third-order valence-corrected chi connectivity index (χ3v) is 4.76. The first-order valence-electron chi connectivity index (χ1n) is 9.84. The monoisotopic (exact) mass is 353 g/mol. The van der Waals surface area contributed by atoms with Crippen molar-refractivity contribution in [2.24, 2.45) is 5.41 Å². The predicted molar refractivity (Wildman–Crippen MR) is 106 cm³/mol. The lowest BCUT2D eigenvalue weighted by molar-refractivity contribution is -0.117. The van der Waals surface area contributed by atoms with Crippen LogP contribution in [-0.2, 0) is 9.53 Å². The summed E-state index contributed by atoms with van der Waals surface area (Å²) in [6.45, 7) is 16.9. The Morgan fingerprint density at radius 1 is 1.28 bits per heavy atom. The molecule has 4 heteroatoms. The van der Waals surface area contributed by atoms with Crippen molar-refractivity contribution >= 4 is 5.91 Å². The Morgan fingerprint density at radius 3 is 2.32 bits per heavy atom. The van der Waals surface area contributed by atoms with Gasteiger partial charge < -0.3 is 15.2 Å². The number of amides is 1. The number of ether oxygens (including phenoxy) is 1. The Balaban J connectivity index is 0.000000710. The number of carbonyl (C=O) groups is 1. The molecule has 2 aliphatic rings. The van der Waals surface area contributed by atoms with Crippen molar-refractivity contribution in [3.63, 3.8) is 0 Å². The van der Waals surface area contributed by atoms with Gasteiger partial charge >= 0.3 is 0 Å². The van der Waals surface area contributed by atoms with Gasteiger partial charge in [0.2, 0.25) is 0 Å². The van der Waals surface area contributed by atoms with E-state index in [-0.39, 0.29) is 11.3 Å². The van der Waals surface area contributed by atoms with Crippen LogP contribution in [-0.4, -0.2) is 37.4 Å². The number of unbranched alkanes of at least 4 members (excludes halogenated alkanes) is 1. The second kappa shape index (κ2) is 13.1. The maximum atomic E-state index is 12.2. The molecule has 0 saturated carbocycles. The van der Waals surface area contributed by atoms with E-state index in [0.717, 1.165) is 69.4 Å². The van der Waals surface area contributed by atoms with E-state index < -0.39 is 0 Å². The fourth-order valence-electron chi connectivity index (χ4n) is 3.22. The summed E-state index contributed by atoms with van der Waals surface area (Å²) in [6, 6.07) is 0. The van der Waals surface area contributed by atoms with Gasteiger partial charge in [0.05, 0.1) is 0 Å². The van der Waals surface area contributed by atoms with E-state index in [0.29, 0.717) is 6.61 Å². The first-order chi connectivity index (χ1) is 12.0. The molecule has 0 bridgehead atoms. The molecule has 1 spiro atoms. The molecule has 25 heavy (non-hydrogen) atoms. The molecule has 0 unspecified atom stereocenters. The Kier molecular flexibility index (Phi) is 12.5. The number of hydrogen-bond acceptors (Lipinski definition) is 3. The van der Waals surface area contributed by atoms with E-state index in [4.69, 9.17) is 9.84 Å². The summed E-state index contributed by atoms with van der Waals surface area (Å²) in [5.74, 6) is 0.0581. The zero-order valence-corrected chi connectivity index (χ0v) is 17.0. The van der Waals surface area contributed by atoms with E-state index in [1.165, 1.54) is 5.57 Å². The van der Waals surface area contributed by atoms with E-state index in [1.54, 1.807) is 0 Å². The normalized spacial score (nSPS) is 19.0. The van der Waals surface area contributed by atoms with Crippen LogP contribution in [0.2, 0.25) is 0 Å². The minimum atomic E-state index is 0.0581. The van der Waals surface area contributed by atoms with Crippen molar-refractivity contribution in [1.82, 2.24) is 5.32 Å². The molecule has 2 aliphatic heterocycles. The minimum absolute atomic E-state index is 0.0581. The van der Waals surface area contributed by atoms with Gasteiger partial charge in [-0.05, 0) is 50.0 Å². The van der Waals surface area contributed by atoms with E-state index >= 15 is 0 Å². The first kappa shape index (κ1) is 23.9. The molecule has 0 aromatic heterocycles. The highest BCUT2D eigenvalue weighted by atomic mass is 16.5. The molecule has 2 heterocycles. The highest BCUT2D eigenvalue weighted by Gasteiger charge is 2.36. The van der Waals surface area contributed by atoms with Gasteiger partial charge in [0, 0.05) is 31.9 Å². The van der Waals surface area contributed by atoms with Gasteiger partial charge in [-0.1, -0.05) is 46.3 Å². The summed E-state index contributed by atoms with van der Waals surface area (Å²) in [5.41, 5.74) is 3.18. The largest absolute Gasteiger partial charge is 0.396 e. The van der Waals surface area contributed by atoms with Crippen LogP contribution < -0.4 is 5.32 Å². The molecule has 2 rings (SSSR count). The molecule has 0 atom stereocenters. The first-order valence-corrected chi connectivity index (χ1v) is 9.84. The smallest absolute Gasteiger partial charge is 0.251 e. The molecule has 4 nitrogen and oxygen atoms in total. The average Bonchev–Trinajstić information content (AvgIpc) is 2.74. The molecule has 146 valence electrons. The molecule has 0 aromatic carbocycles. The van der Waals surface area contributed by atoms with Crippen molar-refractivity contribution < 1.29 is 14.6 Å². The molecule has 1 fully saturated rings. The molecule has 0 aromatic rings. The predicted octanol–water partition coefficient (Wildman–Crippen LogP) is 4.39. The van der Waals surface area contributed by atoms with Crippen LogP contribution in [0.1, 0.15) is 73.1 Å². The second-order valence-corrected chi connectivity index (χ2v) is 6.66. The van der Waals surface area contributed by atoms with Gasteiger partial charge in [-0.2, -0.15) is 0 Å². The third kappa shape index (κ3) is 7.74. The maximum Gasteiger partial charge on any atom is 0.251 e. The van der Waals surface area contributed by atoms with Crippen molar-refractivity contribution in [2.75, 3.05) is 26.4 Å². The van der Waals surface area contributed by atoms with Gasteiger partial charge in [-0.15, -0.1) is 0 Å². The summed E-state index contributed by atoms with van der Waals surface area (Å²) in [6.07, 6.45) is 5.93. The van der Waals surface area contributed by atoms with E-state index in [2.05, 4.69) is 25.7 Å². The average molecular weight is 354 g/mol. The summed E-state index contributed by atoms with van der Waals surface area (Å²) in [5, 5.41) is 11.2. The van der Waals surface area contributed by atoms with E-state index in [9.17, 15) is 4.79 Å². The number of carbonyl (C=O) groups excluding carboxylic acids is 1. The van der Waals surface area contributed by atoms with Gasteiger partial charge in [0.25, 0.3) is 5.91 Å². The van der Waals surface area contributed by atoms with Crippen LogP contribution in [0.25, 0.3) is 0 Å². The lowest BCUT2D eigenvalue weighted by Gasteiger charge is -2.36. The zero-order valence-electron chi connectivity index (χ0n) is 17.0. The van der Waals surface area contributed by atoms with Gasteiger partial charge in [-0.3, -0.25) is 4.79 Å². The Hall–Kier alpha value is -1.13. The highest BCUT2D eigenvalue weighted by Crippen LogP contribution is 2.39. The van der Waals surface area contributed by atoms with Crippen LogP contribution in [0.15, 0.2) is 23.3 Å². The SMILES string of the molecule is C=C(CC)C1=C(C)CC2(CCOCC2)CNC1=O.CC.CCCCO. The molecular weight excluding hydrogens is 314 g/mol. The molecule has 2 N–H and O–H groups in total. The number of nitrogens with one attached hydrogen (secondary N) is 1. The standard InChI is InChI=1S/C15H23NO2.C4H10O.C2H6/c1-4-11(2)13-12(3)9-15(10-16-14(13)17)5-7-18-8-6-15;1-2-3-4-5;1-2/h2,4-10H2,1,3H3,(H,16,17);5H,2-4H2,1H3;1-2H3. The fourth-order valence-corrected chi connectivity index (χ4v) is 3.22. The number of aliphatic hydroxyl groups is 1. The quantitative estimate of drug-likeness (QED) is 0.788. The number of allylic oxidation sites excluding steroid dienone is 1. The number of hydrogen-bond donors (Lipinski definition) is 2. The van der Waals surface area contributed by atoms with Gasteiger partial charge in [0.1, 0.15) is 0 Å².